The van der Waals surface area contributed by atoms with Gasteiger partial charge in [-0.3, -0.25) is 0 Å². The highest BCUT2D eigenvalue weighted by molar-refractivity contribution is 5.91. The van der Waals surface area contributed by atoms with Gasteiger partial charge in [-0.25, -0.2) is 35.5 Å². The molecule has 0 unspecified atom stereocenters. The van der Waals surface area contributed by atoms with E-state index in [1.54, 1.807) is 5.92 Å². The predicted molar refractivity (Wildman–Crippen MR) is 116 cm³/mol. The van der Waals surface area contributed by atoms with Crippen LogP contribution in [0.25, 0.3) is 0 Å². The van der Waals surface area contributed by atoms with Gasteiger partial charge in [0, 0.05) is 5.56 Å². The summed E-state index contributed by atoms with van der Waals surface area (Å²) in [4.78, 5) is 12.0. The van der Waals surface area contributed by atoms with Crippen LogP contribution in [-0.2, 0) is 0 Å². The molecule has 236 valence electrons. The number of halogens is 15. The van der Waals surface area contributed by atoms with Crippen LogP contribution in [-0.4, -0.2) is 36.8 Å². The molecule has 0 atom stereocenters. The molecule has 0 spiro atoms. The average Bonchev–Trinajstić information content (AvgIpc) is 2.95. The maximum absolute atomic E-state index is 14.4. The third kappa shape index (κ3) is 6.36. The number of benzene rings is 3. The van der Waals surface area contributed by atoms with Crippen molar-refractivity contribution in [3.63, 3.8) is 0 Å². The highest BCUT2D eigenvalue weighted by Crippen LogP contribution is 2.48. The lowest BCUT2D eigenvalue weighted by Gasteiger charge is -2.32. The third-order valence-corrected chi connectivity index (χ3v) is 5.39. The average molecular weight is 654 g/mol. The second-order valence-corrected chi connectivity index (χ2v) is 8.37. The molecule has 0 radical (unpaired) electrons. The van der Waals surface area contributed by atoms with Crippen LogP contribution in [0.15, 0.2) is 36.4 Å². The lowest BCUT2D eigenvalue weighted by molar-refractivity contribution is -0.342. The van der Waals surface area contributed by atoms with Gasteiger partial charge in [-0.05, 0) is 36.4 Å². The molecule has 0 N–H and O–H groups in total. The van der Waals surface area contributed by atoms with Crippen LogP contribution in [0.5, 0.6) is 11.5 Å². The Bertz CT molecular complexity index is 1590. The van der Waals surface area contributed by atoms with Gasteiger partial charge in [0.25, 0.3) is 0 Å². The molecule has 18 heteroatoms. The van der Waals surface area contributed by atoms with Gasteiger partial charge in [-0.1, -0.05) is 11.8 Å². The Kier molecular flexibility index (Phi) is 9.41. The van der Waals surface area contributed by atoms with Crippen LogP contribution < -0.4 is 9.47 Å². The summed E-state index contributed by atoms with van der Waals surface area (Å²) in [6, 6.07) is 4.58. The molecule has 0 bridgehead atoms. The molecule has 3 nitrogen and oxygen atoms in total. The maximum atomic E-state index is 14.4. The molecule has 0 amide bonds. The van der Waals surface area contributed by atoms with E-state index in [2.05, 4.69) is 4.74 Å². The van der Waals surface area contributed by atoms with Gasteiger partial charge >= 0.3 is 30.2 Å². The second kappa shape index (κ2) is 12.2. The van der Waals surface area contributed by atoms with Crippen LogP contribution in [0.1, 0.15) is 21.5 Å². The Morgan fingerprint density at radius 2 is 1.23 bits per heavy atom. The summed E-state index contributed by atoms with van der Waals surface area (Å²) in [6.45, 7) is -3.12. The van der Waals surface area contributed by atoms with Crippen molar-refractivity contribution in [1.29, 1.82) is 0 Å². The SMILES string of the molecule is O=C(Oc1ccc(C#Cc2c(F)c(F)c(OCC(F)(F)C(F)(F)C(F)(F)C(F)F)c(F)c2F)cc1)c1cc(F)c(F)c(F)c1. The molecule has 0 aliphatic carbocycles. The van der Waals surface area contributed by atoms with Crippen molar-refractivity contribution in [2.45, 2.75) is 24.2 Å². The molecule has 0 fully saturated rings. The van der Waals surface area contributed by atoms with Gasteiger partial charge < -0.3 is 9.47 Å². The topological polar surface area (TPSA) is 35.5 Å². The van der Waals surface area contributed by atoms with Crippen molar-refractivity contribution in [2.24, 2.45) is 0 Å². The summed E-state index contributed by atoms with van der Waals surface area (Å²) in [5.41, 5.74) is -2.63. The van der Waals surface area contributed by atoms with Crippen LogP contribution in [0, 0.1) is 52.6 Å². The fraction of sp³-hybridized carbons (Fsp3) is 0.192. The summed E-state index contributed by atoms with van der Waals surface area (Å²) >= 11 is 0. The quantitative estimate of drug-likeness (QED) is 0.0621. The molecule has 44 heavy (non-hydrogen) atoms. The highest BCUT2D eigenvalue weighted by Gasteiger charge is 2.75. The van der Waals surface area contributed by atoms with E-state index in [1.165, 1.54) is 0 Å². The number of alkyl halides is 8. The lowest BCUT2D eigenvalue weighted by atomic mass is 10.1. The first-order valence-electron chi connectivity index (χ1n) is 11.1. The van der Waals surface area contributed by atoms with Crippen molar-refractivity contribution >= 4 is 5.97 Å². The Morgan fingerprint density at radius 1 is 0.727 bits per heavy atom. The van der Waals surface area contributed by atoms with Crippen molar-refractivity contribution in [3.05, 3.63) is 93.8 Å². The fourth-order valence-electron chi connectivity index (χ4n) is 3.06. The van der Waals surface area contributed by atoms with Gasteiger partial charge in [-0.2, -0.15) is 35.1 Å². The standard InChI is InChI=1S/C26H9F15O3/c27-14-7-11(8-15(28)18(14)31)22(42)44-12-4-1-10(2-5-12)3-6-13-16(29)19(32)21(20(33)17(13)30)43-9-24(36,37)26(40,41)25(38,39)23(34)35/h1-2,4-5,7-8,23H,9H2. The van der Waals surface area contributed by atoms with Crippen LogP contribution in [0.3, 0.4) is 0 Å². The van der Waals surface area contributed by atoms with Crippen molar-refractivity contribution in [1.82, 2.24) is 0 Å². The zero-order chi connectivity index (χ0) is 33.4. The normalized spacial score (nSPS) is 12.2. The van der Waals surface area contributed by atoms with E-state index in [1.807, 2.05) is 5.92 Å². The first kappa shape index (κ1) is 33.9. The van der Waals surface area contributed by atoms with E-state index in [4.69, 9.17) is 4.74 Å². The van der Waals surface area contributed by atoms with E-state index < -0.39 is 94.4 Å². The number of carbonyl (C=O) groups is 1. The minimum atomic E-state index is -6.84. The molecular weight excluding hydrogens is 645 g/mol. The molecule has 0 saturated heterocycles. The first-order chi connectivity index (χ1) is 20.2. The second-order valence-electron chi connectivity index (χ2n) is 8.37. The summed E-state index contributed by atoms with van der Waals surface area (Å²) < 4.78 is 209. The number of hydrogen-bond donors (Lipinski definition) is 0. The van der Waals surface area contributed by atoms with E-state index in [-0.39, 0.29) is 11.3 Å². The third-order valence-electron chi connectivity index (χ3n) is 5.39. The van der Waals surface area contributed by atoms with Crippen molar-refractivity contribution in [3.8, 4) is 23.3 Å². The van der Waals surface area contributed by atoms with Gasteiger partial charge in [-0.15, -0.1) is 0 Å². The van der Waals surface area contributed by atoms with Gasteiger partial charge in [0.1, 0.15) is 11.3 Å². The first-order valence-corrected chi connectivity index (χ1v) is 11.1. The Labute approximate surface area is 234 Å². The number of ether oxygens (including phenoxy) is 2. The molecular formula is C26H9F15O3. The zero-order valence-corrected chi connectivity index (χ0v) is 20.6. The molecule has 3 rings (SSSR count). The monoisotopic (exact) mass is 654 g/mol. The van der Waals surface area contributed by atoms with Crippen LogP contribution in [0.2, 0.25) is 0 Å². The largest absolute Gasteiger partial charge is 0.481 e. The number of hydrogen-bond acceptors (Lipinski definition) is 3. The molecule has 0 saturated carbocycles. The molecule has 0 heterocycles. The smallest absolute Gasteiger partial charge is 0.381 e. The predicted octanol–water partition coefficient (Wildman–Crippen LogP) is 7.83. The van der Waals surface area contributed by atoms with Crippen LogP contribution >= 0.6 is 0 Å². The fourth-order valence-corrected chi connectivity index (χ4v) is 3.06. The molecule has 3 aromatic carbocycles. The molecule has 3 aromatic rings. The van der Waals surface area contributed by atoms with E-state index in [0.29, 0.717) is 12.1 Å². The van der Waals surface area contributed by atoms with Crippen molar-refractivity contribution < 1.29 is 80.1 Å². The molecule has 0 aromatic heterocycles. The number of carbonyl (C=O) groups excluding carboxylic acids is 1. The molecule has 0 aliphatic heterocycles. The summed E-state index contributed by atoms with van der Waals surface area (Å²) in [5, 5.41) is 0. The van der Waals surface area contributed by atoms with Gasteiger partial charge in [0.15, 0.2) is 41.4 Å². The lowest BCUT2D eigenvalue weighted by Crippen LogP contribution is -2.59. The van der Waals surface area contributed by atoms with Gasteiger partial charge in [0.2, 0.25) is 11.6 Å². The van der Waals surface area contributed by atoms with Crippen LogP contribution in [0.4, 0.5) is 65.9 Å². The van der Waals surface area contributed by atoms with E-state index >= 15 is 0 Å². The maximum Gasteiger partial charge on any atom is 0.381 e. The highest BCUT2D eigenvalue weighted by atomic mass is 19.4. The number of rotatable bonds is 8. The summed E-state index contributed by atoms with van der Waals surface area (Å²) in [6.07, 6.45) is -5.31. The zero-order valence-electron chi connectivity index (χ0n) is 20.6. The minimum absolute atomic E-state index is 0.203. The van der Waals surface area contributed by atoms with E-state index in [9.17, 15) is 70.7 Å². The summed E-state index contributed by atoms with van der Waals surface area (Å²) in [7, 11) is 0. The van der Waals surface area contributed by atoms with E-state index in [0.717, 1.165) is 24.3 Å². The summed E-state index contributed by atoms with van der Waals surface area (Å²) in [5.74, 6) is -35.5. The number of esters is 1. The Hall–Kier alpha value is -4.56. The van der Waals surface area contributed by atoms with Gasteiger partial charge in [0.05, 0.1) is 5.56 Å². The minimum Gasteiger partial charge on any atom is -0.481 e. The van der Waals surface area contributed by atoms with Crippen molar-refractivity contribution in [2.75, 3.05) is 6.61 Å². The Morgan fingerprint density at radius 3 is 1.70 bits per heavy atom. The Balaban J connectivity index is 1.81. The molecule has 0 aliphatic rings.